The summed E-state index contributed by atoms with van der Waals surface area (Å²) in [5.41, 5.74) is 12.5. The molecule has 1 unspecified atom stereocenters. The zero-order valence-corrected chi connectivity index (χ0v) is 16.9. The number of hydrogen-bond donors (Lipinski definition) is 2. The first-order chi connectivity index (χ1) is 13.0. The first-order valence-corrected chi connectivity index (χ1v) is 10.2. The topological polar surface area (TPSA) is 103 Å². The van der Waals surface area contributed by atoms with Gasteiger partial charge in [-0.05, 0) is 18.9 Å². The SMILES string of the molecule is Nc1nc(N2CCC3(CC2)COCC3N)cnc1Sc1ccnc(Cl)c1Cl. The predicted octanol–water partition coefficient (Wildman–Crippen LogP) is 2.86. The molecule has 4 heterocycles. The van der Waals surface area contributed by atoms with Gasteiger partial charge in [0.1, 0.15) is 16.0 Å². The summed E-state index contributed by atoms with van der Waals surface area (Å²) in [6.07, 6.45) is 5.31. The second kappa shape index (κ2) is 7.60. The summed E-state index contributed by atoms with van der Waals surface area (Å²) >= 11 is 13.5. The molecule has 4 N–H and O–H groups in total. The van der Waals surface area contributed by atoms with E-state index in [1.165, 1.54) is 11.8 Å². The molecule has 1 atom stereocenters. The highest BCUT2D eigenvalue weighted by molar-refractivity contribution is 7.99. The molecule has 27 heavy (non-hydrogen) atoms. The average Bonchev–Trinajstić information content (AvgIpc) is 3.01. The number of nitrogens with two attached hydrogens (primary N) is 2. The Morgan fingerprint density at radius 3 is 2.70 bits per heavy atom. The van der Waals surface area contributed by atoms with Crippen LogP contribution in [-0.2, 0) is 4.74 Å². The van der Waals surface area contributed by atoms with Gasteiger partial charge in [0, 0.05) is 35.6 Å². The van der Waals surface area contributed by atoms with Gasteiger partial charge in [0.25, 0.3) is 0 Å². The smallest absolute Gasteiger partial charge is 0.158 e. The minimum Gasteiger partial charge on any atom is -0.381 e. The van der Waals surface area contributed by atoms with Gasteiger partial charge < -0.3 is 21.1 Å². The Morgan fingerprint density at radius 2 is 2.04 bits per heavy atom. The molecule has 0 amide bonds. The number of rotatable bonds is 3. The number of pyridine rings is 1. The van der Waals surface area contributed by atoms with Crippen molar-refractivity contribution in [2.24, 2.45) is 11.1 Å². The summed E-state index contributed by atoms with van der Waals surface area (Å²) in [6.45, 7) is 3.13. The van der Waals surface area contributed by atoms with Crippen molar-refractivity contribution in [2.75, 3.05) is 36.9 Å². The number of ether oxygens (including phenoxy) is 1. The zero-order valence-electron chi connectivity index (χ0n) is 14.6. The third kappa shape index (κ3) is 3.69. The van der Waals surface area contributed by atoms with E-state index in [4.69, 9.17) is 39.4 Å². The Bertz CT molecular complexity index is 846. The Balaban J connectivity index is 1.47. The van der Waals surface area contributed by atoms with Crippen LogP contribution in [0.2, 0.25) is 10.2 Å². The fraction of sp³-hybridized carbons (Fsp3) is 0.471. The highest BCUT2D eigenvalue weighted by Crippen LogP contribution is 2.40. The van der Waals surface area contributed by atoms with Crippen molar-refractivity contribution in [1.82, 2.24) is 15.0 Å². The van der Waals surface area contributed by atoms with E-state index in [1.807, 2.05) is 0 Å². The van der Waals surface area contributed by atoms with E-state index in [9.17, 15) is 0 Å². The van der Waals surface area contributed by atoms with Crippen LogP contribution < -0.4 is 16.4 Å². The van der Waals surface area contributed by atoms with Crippen LogP contribution in [0.3, 0.4) is 0 Å². The Hall–Kier alpha value is -1.32. The van der Waals surface area contributed by atoms with Gasteiger partial charge in [0.15, 0.2) is 5.82 Å². The van der Waals surface area contributed by atoms with Gasteiger partial charge in [-0.25, -0.2) is 15.0 Å². The molecule has 0 aromatic carbocycles. The molecule has 2 aromatic rings. The van der Waals surface area contributed by atoms with Crippen molar-refractivity contribution in [3.63, 3.8) is 0 Å². The van der Waals surface area contributed by atoms with Gasteiger partial charge in [0.2, 0.25) is 0 Å². The van der Waals surface area contributed by atoms with Gasteiger partial charge in [-0.3, -0.25) is 0 Å². The lowest BCUT2D eigenvalue weighted by Gasteiger charge is -2.41. The summed E-state index contributed by atoms with van der Waals surface area (Å²) < 4.78 is 5.58. The molecule has 7 nitrogen and oxygen atoms in total. The highest BCUT2D eigenvalue weighted by Gasteiger charge is 2.44. The maximum absolute atomic E-state index is 6.25. The monoisotopic (exact) mass is 426 g/mol. The maximum Gasteiger partial charge on any atom is 0.158 e. The normalized spacial score (nSPS) is 21.7. The van der Waals surface area contributed by atoms with E-state index in [0.29, 0.717) is 22.5 Å². The number of aromatic nitrogens is 3. The van der Waals surface area contributed by atoms with Crippen molar-refractivity contribution < 1.29 is 4.74 Å². The molecule has 0 bridgehead atoms. The number of piperidine rings is 1. The molecule has 2 fully saturated rings. The Kier molecular flexibility index (Phi) is 5.35. The zero-order chi connectivity index (χ0) is 19.0. The van der Waals surface area contributed by atoms with Crippen molar-refractivity contribution in [3.8, 4) is 0 Å². The van der Waals surface area contributed by atoms with Crippen LogP contribution >= 0.6 is 35.0 Å². The first-order valence-electron chi connectivity index (χ1n) is 8.67. The van der Waals surface area contributed by atoms with E-state index < -0.39 is 0 Å². The van der Waals surface area contributed by atoms with E-state index in [-0.39, 0.29) is 16.6 Å². The lowest BCUT2D eigenvalue weighted by atomic mass is 9.75. The van der Waals surface area contributed by atoms with Crippen molar-refractivity contribution in [3.05, 3.63) is 28.6 Å². The standard InChI is InChI=1S/C17H20Cl2N6OS/c18-13-10(1-4-22-14(13)19)27-16-15(21)24-12(7-23-16)25-5-2-17(3-6-25)9-26-8-11(17)20/h1,4,7,11H,2-3,5-6,8-9,20H2,(H2,21,24). The summed E-state index contributed by atoms with van der Waals surface area (Å²) in [7, 11) is 0. The van der Waals surface area contributed by atoms with Gasteiger partial charge in [-0.2, -0.15) is 0 Å². The summed E-state index contributed by atoms with van der Waals surface area (Å²) in [5.74, 6) is 1.14. The highest BCUT2D eigenvalue weighted by atomic mass is 35.5. The first kappa shape index (κ1) is 19.0. The van der Waals surface area contributed by atoms with Crippen LogP contribution in [0, 0.1) is 5.41 Å². The Morgan fingerprint density at radius 1 is 1.26 bits per heavy atom. The molecule has 4 rings (SSSR count). The molecule has 2 aromatic heterocycles. The van der Waals surface area contributed by atoms with E-state index >= 15 is 0 Å². The average molecular weight is 427 g/mol. The molecule has 10 heteroatoms. The summed E-state index contributed by atoms with van der Waals surface area (Å²) in [4.78, 5) is 15.9. The van der Waals surface area contributed by atoms with Crippen LogP contribution in [0.4, 0.5) is 11.6 Å². The van der Waals surface area contributed by atoms with Gasteiger partial charge >= 0.3 is 0 Å². The minimum absolute atomic E-state index is 0.0998. The number of nitrogen functional groups attached to an aromatic ring is 1. The number of halogens is 2. The fourth-order valence-corrected chi connectivity index (χ4v) is 4.79. The predicted molar refractivity (Wildman–Crippen MR) is 107 cm³/mol. The van der Waals surface area contributed by atoms with Crippen molar-refractivity contribution in [1.29, 1.82) is 0 Å². The molecular weight excluding hydrogens is 407 g/mol. The van der Waals surface area contributed by atoms with Crippen LogP contribution in [0.5, 0.6) is 0 Å². The van der Waals surface area contributed by atoms with Gasteiger partial charge in [-0.15, -0.1) is 0 Å². The molecular formula is C17H20Cl2N6OS. The van der Waals surface area contributed by atoms with Crippen LogP contribution in [-0.4, -0.2) is 47.3 Å². The number of nitrogens with zero attached hydrogens (tertiary/aromatic N) is 4. The molecule has 2 aliphatic heterocycles. The van der Waals surface area contributed by atoms with Crippen LogP contribution in [0.25, 0.3) is 0 Å². The largest absolute Gasteiger partial charge is 0.381 e. The van der Waals surface area contributed by atoms with Crippen LogP contribution in [0.1, 0.15) is 12.8 Å². The van der Waals surface area contributed by atoms with Gasteiger partial charge in [0.05, 0.1) is 24.4 Å². The van der Waals surface area contributed by atoms with Gasteiger partial charge in [-0.1, -0.05) is 35.0 Å². The lowest BCUT2D eigenvalue weighted by molar-refractivity contribution is 0.131. The second-order valence-electron chi connectivity index (χ2n) is 6.91. The third-order valence-electron chi connectivity index (χ3n) is 5.33. The Labute approximate surface area is 171 Å². The quantitative estimate of drug-likeness (QED) is 0.721. The van der Waals surface area contributed by atoms with Crippen molar-refractivity contribution in [2.45, 2.75) is 28.8 Å². The van der Waals surface area contributed by atoms with E-state index in [1.54, 1.807) is 18.5 Å². The molecule has 2 saturated heterocycles. The van der Waals surface area contributed by atoms with E-state index in [0.717, 1.165) is 43.3 Å². The number of anilines is 2. The lowest BCUT2D eigenvalue weighted by Crippen LogP contribution is -2.49. The molecule has 1 spiro atoms. The second-order valence-corrected chi connectivity index (χ2v) is 8.67. The molecule has 144 valence electrons. The van der Waals surface area contributed by atoms with E-state index in [2.05, 4.69) is 19.9 Å². The summed E-state index contributed by atoms with van der Waals surface area (Å²) in [5, 5.41) is 1.22. The molecule has 0 radical (unpaired) electrons. The molecule has 0 aliphatic carbocycles. The summed E-state index contributed by atoms with van der Waals surface area (Å²) in [6, 6.07) is 1.89. The maximum atomic E-state index is 6.25. The van der Waals surface area contributed by atoms with Crippen molar-refractivity contribution >= 4 is 46.6 Å². The van der Waals surface area contributed by atoms with Crippen LogP contribution in [0.15, 0.2) is 28.4 Å². The third-order valence-corrected chi connectivity index (χ3v) is 7.27. The molecule has 2 aliphatic rings. The number of hydrogen-bond acceptors (Lipinski definition) is 8. The fourth-order valence-electron chi connectivity index (χ4n) is 3.57. The molecule has 0 saturated carbocycles. The minimum atomic E-state index is 0.0998.